The number of carboxylic acid groups (broad SMARTS) is 1. The van der Waals surface area contributed by atoms with Crippen molar-refractivity contribution in [3.8, 4) is 11.5 Å². The minimum atomic E-state index is -4.45. The molecule has 0 saturated heterocycles. The van der Waals surface area contributed by atoms with Crippen LogP contribution in [0, 0.1) is 10.1 Å². The zero-order chi connectivity index (χ0) is 24.3. The van der Waals surface area contributed by atoms with Crippen LogP contribution in [-0.4, -0.2) is 37.4 Å². The molecular weight excluding hydrogens is 468 g/mol. The fraction of sp³-hybridized carbons (Fsp3) is 0.0476. The van der Waals surface area contributed by atoms with Crippen LogP contribution in [0.25, 0.3) is 0 Å². The molecule has 0 aromatic heterocycles. The summed E-state index contributed by atoms with van der Waals surface area (Å²) < 4.78 is 38.9. The maximum Gasteiger partial charge on any atom is 0.337 e. The molecule has 3 N–H and O–H groups in total. The van der Waals surface area contributed by atoms with Crippen LogP contribution in [0.1, 0.15) is 15.9 Å². The molecule has 1 aliphatic rings. The Bertz CT molecular complexity index is 1420. The van der Waals surface area contributed by atoms with Gasteiger partial charge < -0.3 is 14.6 Å². The molecular formula is C21H16N4O8S. The standard InChI is InChI=1S/C21H16N4O8S/c26-21(27)15-3-1-2-4-16(15)24-34(30,31)20-10-14(25(28)29)6-7-17(20)23-22-11-13-5-8-18-19(9-13)33-12-32-18/h1-11,23-24H,12H2,(H,26,27). The van der Waals surface area contributed by atoms with Crippen LogP contribution in [0.4, 0.5) is 17.1 Å². The molecule has 0 unspecified atom stereocenters. The number of nitro groups is 1. The van der Waals surface area contributed by atoms with Crippen LogP contribution in [0.3, 0.4) is 0 Å². The van der Waals surface area contributed by atoms with Crippen LogP contribution >= 0.6 is 0 Å². The van der Waals surface area contributed by atoms with E-state index in [2.05, 4.69) is 15.2 Å². The zero-order valence-corrected chi connectivity index (χ0v) is 18.0. The minimum absolute atomic E-state index is 0.0668. The van der Waals surface area contributed by atoms with E-state index in [-0.39, 0.29) is 23.7 Å². The van der Waals surface area contributed by atoms with E-state index < -0.39 is 31.5 Å². The number of nitro benzene ring substituents is 1. The summed E-state index contributed by atoms with van der Waals surface area (Å²) in [6.07, 6.45) is 1.40. The average molecular weight is 484 g/mol. The van der Waals surface area contributed by atoms with Gasteiger partial charge in [0.25, 0.3) is 15.7 Å². The maximum atomic E-state index is 13.1. The number of rotatable bonds is 8. The molecule has 13 heteroatoms. The number of benzene rings is 3. The van der Waals surface area contributed by atoms with Crippen LogP contribution in [0.2, 0.25) is 0 Å². The highest BCUT2D eigenvalue weighted by Gasteiger charge is 2.24. The smallest absolute Gasteiger partial charge is 0.337 e. The Morgan fingerprint density at radius 2 is 1.82 bits per heavy atom. The molecule has 0 radical (unpaired) electrons. The molecule has 12 nitrogen and oxygen atoms in total. The number of fused-ring (bicyclic) bond motifs is 1. The molecule has 0 amide bonds. The van der Waals surface area contributed by atoms with Gasteiger partial charge in [-0.3, -0.25) is 20.3 Å². The van der Waals surface area contributed by atoms with Crippen molar-refractivity contribution in [2.24, 2.45) is 5.10 Å². The summed E-state index contributed by atoms with van der Waals surface area (Å²) in [6.45, 7) is 0.107. The van der Waals surface area contributed by atoms with Crippen molar-refractivity contribution in [1.29, 1.82) is 0 Å². The number of non-ortho nitro benzene ring substituents is 1. The molecule has 1 aliphatic heterocycles. The quantitative estimate of drug-likeness (QED) is 0.247. The van der Waals surface area contributed by atoms with E-state index in [1.165, 1.54) is 36.5 Å². The van der Waals surface area contributed by atoms with E-state index in [0.717, 1.165) is 12.1 Å². The van der Waals surface area contributed by atoms with E-state index in [1.807, 2.05) is 0 Å². The molecule has 0 fully saturated rings. The predicted octanol–water partition coefficient (Wildman–Crippen LogP) is 3.27. The number of hydrogen-bond acceptors (Lipinski definition) is 9. The molecule has 0 aliphatic carbocycles. The number of hydrogen-bond donors (Lipinski definition) is 3. The molecule has 1 heterocycles. The van der Waals surface area contributed by atoms with Crippen molar-refractivity contribution in [3.63, 3.8) is 0 Å². The number of hydrazone groups is 1. The van der Waals surface area contributed by atoms with E-state index in [4.69, 9.17) is 9.47 Å². The normalized spacial score (nSPS) is 12.5. The maximum absolute atomic E-state index is 13.1. The van der Waals surface area contributed by atoms with Crippen LogP contribution in [-0.2, 0) is 10.0 Å². The number of aromatic carboxylic acids is 1. The summed E-state index contributed by atoms with van der Waals surface area (Å²) in [7, 11) is -4.45. The van der Waals surface area contributed by atoms with Crippen LogP contribution < -0.4 is 19.6 Å². The number of carboxylic acids is 1. The molecule has 3 aromatic carbocycles. The predicted molar refractivity (Wildman–Crippen MR) is 121 cm³/mol. The first kappa shape index (κ1) is 22.5. The Morgan fingerprint density at radius 3 is 2.59 bits per heavy atom. The van der Waals surface area contributed by atoms with Gasteiger partial charge in [-0.1, -0.05) is 12.1 Å². The lowest BCUT2D eigenvalue weighted by Crippen LogP contribution is -2.17. The summed E-state index contributed by atoms with van der Waals surface area (Å²) in [5.41, 5.74) is 2.16. The highest BCUT2D eigenvalue weighted by Crippen LogP contribution is 2.32. The Hall–Kier alpha value is -4.65. The molecule has 0 atom stereocenters. The SMILES string of the molecule is O=C(O)c1ccccc1NS(=O)(=O)c1cc([N+](=O)[O-])ccc1NN=Cc1ccc2c(c1)OCO2. The number of sulfonamides is 1. The van der Waals surface area contributed by atoms with Gasteiger partial charge in [0, 0.05) is 12.1 Å². The number of para-hydroxylation sites is 1. The van der Waals surface area contributed by atoms with Gasteiger partial charge >= 0.3 is 5.97 Å². The Labute approximate surface area is 192 Å². The van der Waals surface area contributed by atoms with Crippen LogP contribution in [0.15, 0.2) is 70.7 Å². The fourth-order valence-corrected chi connectivity index (χ4v) is 4.32. The van der Waals surface area contributed by atoms with Gasteiger partial charge in [-0.05, 0) is 42.0 Å². The monoisotopic (exact) mass is 484 g/mol. The zero-order valence-electron chi connectivity index (χ0n) is 17.2. The largest absolute Gasteiger partial charge is 0.478 e. The number of carbonyl (C=O) groups is 1. The second-order valence-corrected chi connectivity index (χ2v) is 8.53. The van der Waals surface area contributed by atoms with Crippen molar-refractivity contribution in [2.45, 2.75) is 4.90 Å². The first-order valence-corrected chi connectivity index (χ1v) is 11.1. The number of ether oxygens (including phenoxy) is 2. The number of nitrogens with zero attached hydrogens (tertiary/aromatic N) is 2. The lowest BCUT2D eigenvalue weighted by molar-refractivity contribution is -0.385. The summed E-state index contributed by atoms with van der Waals surface area (Å²) in [6, 6.07) is 13.6. The summed E-state index contributed by atoms with van der Waals surface area (Å²) >= 11 is 0. The van der Waals surface area contributed by atoms with Gasteiger partial charge in [0.2, 0.25) is 6.79 Å². The molecule has 34 heavy (non-hydrogen) atoms. The van der Waals surface area contributed by atoms with E-state index in [0.29, 0.717) is 17.1 Å². The van der Waals surface area contributed by atoms with Crippen LogP contribution in [0.5, 0.6) is 11.5 Å². The van der Waals surface area contributed by atoms with Gasteiger partial charge in [0.1, 0.15) is 4.90 Å². The Kier molecular flexibility index (Phi) is 6.01. The average Bonchev–Trinajstić information content (AvgIpc) is 3.27. The molecule has 0 bridgehead atoms. The van der Waals surface area contributed by atoms with Gasteiger partial charge in [-0.2, -0.15) is 5.10 Å². The van der Waals surface area contributed by atoms with E-state index in [9.17, 15) is 28.4 Å². The third-order valence-corrected chi connectivity index (χ3v) is 6.07. The lowest BCUT2D eigenvalue weighted by atomic mass is 10.2. The number of anilines is 2. The van der Waals surface area contributed by atoms with Crippen molar-refractivity contribution >= 4 is 39.3 Å². The summed E-state index contributed by atoms with van der Waals surface area (Å²) in [5.74, 6) is -0.227. The minimum Gasteiger partial charge on any atom is -0.478 e. The van der Waals surface area contributed by atoms with Gasteiger partial charge in [0.15, 0.2) is 11.5 Å². The van der Waals surface area contributed by atoms with Gasteiger partial charge in [0.05, 0.1) is 28.1 Å². The molecule has 3 aromatic rings. The first-order chi connectivity index (χ1) is 16.2. The van der Waals surface area contributed by atoms with Crippen molar-refractivity contribution in [2.75, 3.05) is 16.9 Å². The molecule has 0 spiro atoms. The summed E-state index contributed by atoms with van der Waals surface area (Å²) in [5, 5.41) is 24.6. The van der Waals surface area contributed by atoms with E-state index >= 15 is 0 Å². The molecule has 4 rings (SSSR count). The molecule has 174 valence electrons. The van der Waals surface area contributed by atoms with Gasteiger partial charge in [-0.25, -0.2) is 13.2 Å². The highest BCUT2D eigenvalue weighted by atomic mass is 32.2. The van der Waals surface area contributed by atoms with E-state index in [1.54, 1.807) is 18.2 Å². The topological polar surface area (TPSA) is 169 Å². The second kappa shape index (κ2) is 9.07. The number of nitrogens with one attached hydrogen (secondary N) is 2. The highest BCUT2D eigenvalue weighted by molar-refractivity contribution is 7.93. The third kappa shape index (κ3) is 4.73. The summed E-state index contributed by atoms with van der Waals surface area (Å²) in [4.78, 5) is 21.4. The Morgan fingerprint density at radius 1 is 1.06 bits per heavy atom. The Balaban J connectivity index is 1.65. The fourth-order valence-electron chi connectivity index (χ4n) is 3.07. The van der Waals surface area contributed by atoms with Crippen molar-refractivity contribution in [3.05, 3.63) is 81.9 Å². The third-order valence-electron chi connectivity index (χ3n) is 4.66. The molecule has 0 saturated carbocycles. The van der Waals surface area contributed by atoms with Crippen molar-refractivity contribution < 1.29 is 32.7 Å². The van der Waals surface area contributed by atoms with Crippen molar-refractivity contribution in [1.82, 2.24) is 0 Å². The lowest BCUT2D eigenvalue weighted by Gasteiger charge is -2.13. The van der Waals surface area contributed by atoms with Gasteiger partial charge in [-0.15, -0.1) is 0 Å². The first-order valence-electron chi connectivity index (χ1n) is 9.57. The second-order valence-electron chi connectivity index (χ2n) is 6.88.